The van der Waals surface area contributed by atoms with Crippen LogP contribution in [0.2, 0.25) is 0 Å². The topological polar surface area (TPSA) is 48.1 Å². The zero-order valence-electron chi connectivity index (χ0n) is 10.5. The molecule has 2 rings (SSSR count). The molecule has 0 radical (unpaired) electrons. The van der Waals surface area contributed by atoms with Crippen LogP contribution in [0, 0.1) is 0 Å². The summed E-state index contributed by atoms with van der Waals surface area (Å²) >= 11 is 0. The summed E-state index contributed by atoms with van der Waals surface area (Å²) in [4.78, 5) is 4.00. The van der Waals surface area contributed by atoms with Gasteiger partial charge in [-0.3, -0.25) is 4.98 Å². The zero-order valence-corrected chi connectivity index (χ0v) is 10.5. The van der Waals surface area contributed by atoms with E-state index in [4.69, 9.17) is 10.5 Å². The Morgan fingerprint density at radius 2 is 1.78 bits per heavy atom. The maximum atomic E-state index is 5.90. The molecule has 0 aliphatic carbocycles. The molecular weight excluding hydrogens is 224 g/mol. The molecule has 0 fully saturated rings. The number of aryl methyl sites for hydroxylation is 1. The smallest absolute Gasteiger partial charge is 0.136 e. The molecular formula is C15H18N2O. The van der Waals surface area contributed by atoms with E-state index >= 15 is 0 Å². The van der Waals surface area contributed by atoms with Gasteiger partial charge in [0.15, 0.2) is 0 Å². The maximum Gasteiger partial charge on any atom is 0.136 e. The lowest BCUT2D eigenvalue weighted by atomic mass is 10.1. The van der Waals surface area contributed by atoms with Gasteiger partial charge in [-0.05, 0) is 41.8 Å². The van der Waals surface area contributed by atoms with Gasteiger partial charge in [-0.15, -0.1) is 0 Å². The highest BCUT2D eigenvalue weighted by Gasteiger charge is 2.10. The Bertz CT molecular complexity index is 468. The second-order valence-corrected chi connectivity index (χ2v) is 4.12. The van der Waals surface area contributed by atoms with Gasteiger partial charge in [0.1, 0.15) is 11.9 Å². The van der Waals surface area contributed by atoms with Crippen molar-refractivity contribution in [1.82, 2.24) is 4.98 Å². The van der Waals surface area contributed by atoms with Gasteiger partial charge in [-0.2, -0.15) is 0 Å². The van der Waals surface area contributed by atoms with E-state index in [1.54, 1.807) is 12.4 Å². The Hall–Kier alpha value is -1.87. The average molecular weight is 242 g/mol. The lowest BCUT2D eigenvalue weighted by Gasteiger charge is -2.17. The fraction of sp³-hybridized carbons (Fsp3) is 0.267. The number of hydrogen-bond donors (Lipinski definition) is 1. The highest BCUT2D eigenvalue weighted by Crippen LogP contribution is 2.21. The maximum absolute atomic E-state index is 5.90. The molecule has 1 heterocycles. The molecule has 2 aromatic rings. The van der Waals surface area contributed by atoms with Crippen molar-refractivity contribution in [2.24, 2.45) is 5.73 Å². The molecule has 0 saturated heterocycles. The van der Waals surface area contributed by atoms with Crippen LogP contribution in [0.4, 0.5) is 0 Å². The van der Waals surface area contributed by atoms with Gasteiger partial charge in [-0.1, -0.05) is 19.1 Å². The SMILES string of the molecule is CCc1ccc(OC(CN)c2ccncc2)cc1. The second kappa shape index (κ2) is 6.17. The second-order valence-electron chi connectivity index (χ2n) is 4.12. The molecule has 1 aromatic carbocycles. The molecule has 0 saturated carbocycles. The van der Waals surface area contributed by atoms with Crippen molar-refractivity contribution in [3.63, 3.8) is 0 Å². The number of nitrogens with zero attached hydrogens (tertiary/aromatic N) is 1. The largest absolute Gasteiger partial charge is 0.484 e. The number of hydrogen-bond acceptors (Lipinski definition) is 3. The first-order valence-electron chi connectivity index (χ1n) is 6.19. The van der Waals surface area contributed by atoms with Crippen LogP contribution in [0.15, 0.2) is 48.8 Å². The number of aromatic nitrogens is 1. The Kier molecular flexibility index (Phi) is 4.31. The molecule has 0 spiro atoms. The molecule has 3 nitrogen and oxygen atoms in total. The molecule has 3 heteroatoms. The van der Waals surface area contributed by atoms with Crippen LogP contribution in [-0.4, -0.2) is 11.5 Å². The Morgan fingerprint density at radius 1 is 1.11 bits per heavy atom. The summed E-state index contributed by atoms with van der Waals surface area (Å²) in [6.45, 7) is 2.58. The summed E-state index contributed by atoms with van der Waals surface area (Å²) in [5.41, 5.74) is 8.11. The standard InChI is InChI=1S/C15H18N2O/c1-2-12-3-5-14(6-4-12)18-15(11-16)13-7-9-17-10-8-13/h3-10,15H,2,11,16H2,1H3. The zero-order chi connectivity index (χ0) is 12.8. The van der Waals surface area contributed by atoms with E-state index in [-0.39, 0.29) is 6.10 Å². The monoisotopic (exact) mass is 242 g/mol. The predicted octanol–water partition coefficient (Wildman–Crippen LogP) is 2.72. The first kappa shape index (κ1) is 12.6. The molecule has 94 valence electrons. The van der Waals surface area contributed by atoms with Gasteiger partial charge in [0.05, 0.1) is 0 Å². The van der Waals surface area contributed by atoms with Crippen LogP contribution >= 0.6 is 0 Å². The third kappa shape index (κ3) is 3.08. The minimum atomic E-state index is -0.125. The van der Waals surface area contributed by atoms with Gasteiger partial charge >= 0.3 is 0 Å². The normalized spacial score (nSPS) is 12.1. The van der Waals surface area contributed by atoms with E-state index in [9.17, 15) is 0 Å². The summed E-state index contributed by atoms with van der Waals surface area (Å²) in [5.74, 6) is 0.847. The van der Waals surface area contributed by atoms with Crippen molar-refractivity contribution < 1.29 is 4.74 Å². The summed E-state index contributed by atoms with van der Waals surface area (Å²) in [5, 5.41) is 0. The van der Waals surface area contributed by atoms with E-state index < -0.39 is 0 Å². The minimum Gasteiger partial charge on any atom is -0.484 e. The highest BCUT2D eigenvalue weighted by molar-refractivity contribution is 5.28. The summed E-state index contributed by atoms with van der Waals surface area (Å²) in [7, 11) is 0. The average Bonchev–Trinajstić information content (AvgIpc) is 2.46. The lowest BCUT2D eigenvalue weighted by molar-refractivity contribution is 0.214. The van der Waals surface area contributed by atoms with Crippen LogP contribution in [0.5, 0.6) is 5.75 Å². The number of pyridine rings is 1. The lowest BCUT2D eigenvalue weighted by Crippen LogP contribution is -2.18. The van der Waals surface area contributed by atoms with Crippen LogP contribution in [-0.2, 0) is 6.42 Å². The molecule has 0 bridgehead atoms. The molecule has 0 amide bonds. The van der Waals surface area contributed by atoms with Crippen molar-refractivity contribution in [3.8, 4) is 5.75 Å². The number of ether oxygens (including phenoxy) is 1. The fourth-order valence-corrected chi connectivity index (χ4v) is 1.80. The van der Waals surface area contributed by atoms with Crippen LogP contribution < -0.4 is 10.5 Å². The van der Waals surface area contributed by atoms with Gasteiger partial charge < -0.3 is 10.5 Å². The highest BCUT2D eigenvalue weighted by atomic mass is 16.5. The number of benzene rings is 1. The Labute approximate surface area is 108 Å². The van der Waals surface area contributed by atoms with Gasteiger partial charge in [0.2, 0.25) is 0 Å². The Balaban J connectivity index is 2.10. The van der Waals surface area contributed by atoms with E-state index in [1.165, 1.54) is 5.56 Å². The van der Waals surface area contributed by atoms with Crippen LogP contribution in [0.3, 0.4) is 0 Å². The van der Waals surface area contributed by atoms with Gasteiger partial charge in [0.25, 0.3) is 0 Å². The molecule has 1 unspecified atom stereocenters. The van der Waals surface area contributed by atoms with Crippen molar-refractivity contribution in [1.29, 1.82) is 0 Å². The molecule has 1 atom stereocenters. The summed E-state index contributed by atoms with van der Waals surface area (Å²) in [6.07, 6.45) is 4.41. The first-order chi connectivity index (χ1) is 8.83. The molecule has 0 aliphatic heterocycles. The molecule has 18 heavy (non-hydrogen) atoms. The van der Waals surface area contributed by atoms with Crippen LogP contribution in [0.25, 0.3) is 0 Å². The fourth-order valence-electron chi connectivity index (χ4n) is 1.80. The molecule has 2 N–H and O–H groups in total. The van der Waals surface area contributed by atoms with E-state index in [2.05, 4.69) is 24.0 Å². The Morgan fingerprint density at radius 3 is 2.33 bits per heavy atom. The summed E-state index contributed by atoms with van der Waals surface area (Å²) < 4.78 is 5.90. The molecule has 0 aliphatic rings. The third-order valence-corrected chi connectivity index (χ3v) is 2.90. The van der Waals surface area contributed by atoms with Crippen molar-refractivity contribution in [2.75, 3.05) is 6.54 Å². The first-order valence-corrected chi connectivity index (χ1v) is 6.19. The minimum absolute atomic E-state index is 0.125. The van der Waals surface area contributed by atoms with Gasteiger partial charge in [-0.25, -0.2) is 0 Å². The van der Waals surface area contributed by atoms with Crippen molar-refractivity contribution in [3.05, 3.63) is 59.9 Å². The van der Waals surface area contributed by atoms with Crippen molar-refractivity contribution >= 4 is 0 Å². The summed E-state index contributed by atoms with van der Waals surface area (Å²) in [6, 6.07) is 12.0. The quantitative estimate of drug-likeness (QED) is 0.877. The van der Waals surface area contributed by atoms with Crippen molar-refractivity contribution in [2.45, 2.75) is 19.4 Å². The number of rotatable bonds is 5. The predicted molar refractivity (Wildman–Crippen MR) is 72.5 cm³/mol. The van der Waals surface area contributed by atoms with E-state index in [0.29, 0.717) is 6.54 Å². The third-order valence-electron chi connectivity index (χ3n) is 2.90. The molecule has 1 aromatic heterocycles. The van der Waals surface area contributed by atoms with Crippen LogP contribution in [0.1, 0.15) is 24.2 Å². The number of nitrogens with two attached hydrogens (primary N) is 1. The van der Waals surface area contributed by atoms with Gasteiger partial charge in [0, 0.05) is 18.9 Å². The van der Waals surface area contributed by atoms with E-state index in [0.717, 1.165) is 17.7 Å². The van der Waals surface area contributed by atoms with E-state index in [1.807, 2.05) is 24.3 Å².